The Morgan fingerprint density at radius 3 is 2.74 bits per heavy atom. The van der Waals surface area contributed by atoms with Crippen LogP contribution in [0, 0.1) is 17.6 Å². The Hall–Kier alpha value is -3.37. The third-order valence-electron chi connectivity index (χ3n) is 9.35. The number of hydrogen-bond acceptors (Lipinski definition) is 6. The smallest absolute Gasteiger partial charge is 0.278 e. The lowest BCUT2D eigenvalue weighted by atomic mass is 9.71. The van der Waals surface area contributed by atoms with Gasteiger partial charge in [0.15, 0.2) is 23.1 Å². The minimum Gasteiger partial charge on any atom is -0.502 e. The fourth-order valence-corrected chi connectivity index (χ4v) is 8.78. The number of carbonyl (C=O) groups excluding carboxylic acids is 1. The van der Waals surface area contributed by atoms with Crippen molar-refractivity contribution in [2.75, 3.05) is 11.6 Å². The molecule has 5 aliphatic heterocycles. The number of piperidine rings is 1. The van der Waals surface area contributed by atoms with E-state index < -0.39 is 40.9 Å². The highest BCUT2D eigenvalue weighted by Crippen LogP contribution is 2.57. The summed E-state index contributed by atoms with van der Waals surface area (Å²) in [5, 5.41) is 12.9. The quantitative estimate of drug-likeness (QED) is 0.488. The molecule has 0 saturated carbocycles. The molecule has 3 aromatic rings. The molecule has 10 heteroatoms. The van der Waals surface area contributed by atoms with E-state index in [2.05, 4.69) is 0 Å². The topological polar surface area (TPSA) is 75.0 Å². The Balaban J connectivity index is 1.44. The van der Waals surface area contributed by atoms with Crippen LogP contribution in [-0.2, 0) is 10.5 Å². The average Bonchev–Trinajstić information content (AvgIpc) is 3.47. The van der Waals surface area contributed by atoms with E-state index >= 15 is 4.39 Å². The van der Waals surface area contributed by atoms with Crippen LogP contribution < -0.4 is 10.4 Å². The third-order valence-corrected chi connectivity index (χ3v) is 10.5. The summed E-state index contributed by atoms with van der Waals surface area (Å²) in [4.78, 5) is 29.1. The molecule has 39 heavy (non-hydrogen) atoms. The van der Waals surface area contributed by atoms with Crippen LogP contribution in [0.1, 0.15) is 58.9 Å². The molecular weight excluding hydrogens is 524 g/mol. The van der Waals surface area contributed by atoms with E-state index in [1.165, 1.54) is 24.0 Å². The molecule has 3 fully saturated rings. The van der Waals surface area contributed by atoms with E-state index in [0.29, 0.717) is 18.5 Å². The molecule has 1 aromatic heterocycles. The highest BCUT2D eigenvalue weighted by atomic mass is 32.2. The lowest BCUT2D eigenvalue weighted by Gasteiger charge is -2.57. The van der Waals surface area contributed by atoms with Crippen molar-refractivity contribution in [1.82, 2.24) is 9.58 Å². The van der Waals surface area contributed by atoms with Crippen molar-refractivity contribution in [2.45, 2.75) is 60.2 Å². The molecule has 6 heterocycles. The molecule has 0 radical (unpaired) electrons. The van der Waals surface area contributed by atoms with Crippen LogP contribution in [0.5, 0.6) is 5.75 Å². The average molecular weight is 550 g/mol. The number of aromatic nitrogens is 1. The van der Waals surface area contributed by atoms with Gasteiger partial charge in [0.05, 0.1) is 17.7 Å². The number of hydrogen-bond donors (Lipinski definition) is 1. The molecule has 5 atom stereocenters. The number of amides is 1. The lowest BCUT2D eigenvalue weighted by molar-refractivity contribution is -0.0756. The van der Waals surface area contributed by atoms with E-state index in [1.807, 2.05) is 29.3 Å². The molecule has 1 amide bonds. The van der Waals surface area contributed by atoms with Gasteiger partial charge in [-0.25, -0.2) is 8.78 Å². The number of pyridine rings is 1. The first-order valence-electron chi connectivity index (χ1n) is 13.3. The van der Waals surface area contributed by atoms with E-state index in [4.69, 9.17) is 4.74 Å². The number of aromatic hydroxyl groups is 1. The summed E-state index contributed by atoms with van der Waals surface area (Å²) in [6.07, 6.45) is 4.50. The lowest BCUT2D eigenvalue weighted by Crippen LogP contribution is -2.70. The second-order valence-electron chi connectivity index (χ2n) is 11.1. The first-order chi connectivity index (χ1) is 18.9. The van der Waals surface area contributed by atoms with Gasteiger partial charge >= 0.3 is 0 Å². The first-order valence-corrected chi connectivity index (χ1v) is 14.3. The van der Waals surface area contributed by atoms with Gasteiger partial charge in [0.1, 0.15) is 6.17 Å². The molecule has 5 aliphatic rings. The Bertz CT molecular complexity index is 1630. The van der Waals surface area contributed by atoms with Gasteiger partial charge in [-0.15, -0.1) is 11.8 Å². The van der Waals surface area contributed by atoms with Crippen LogP contribution >= 0.6 is 11.8 Å². The van der Waals surface area contributed by atoms with Gasteiger partial charge in [0, 0.05) is 40.9 Å². The van der Waals surface area contributed by atoms with Gasteiger partial charge < -0.3 is 14.7 Å². The maximum Gasteiger partial charge on any atom is 0.278 e. The number of rotatable bonds is 1. The summed E-state index contributed by atoms with van der Waals surface area (Å²) in [6.45, 7) is 0.402. The van der Waals surface area contributed by atoms with Crippen molar-refractivity contribution in [3.05, 3.63) is 92.9 Å². The molecule has 2 bridgehead atoms. The number of halogens is 2. The van der Waals surface area contributed by atoms with Gasteiger partial charge in [-0.2, -0.15) is 0 Å². The van der Waals surface area contributed by atoms with Gasteiger partial charge in [-0.1, -0.05) is 24.3 Å². The Morgan fingerprint density at radius 1 is 1.05 bits per heavy atom. The molecule has 2 aromatic carbocycles. The molecule has 0 unspecified atom stereocenters. The number of carbonyl (C=O) groups is 1. The normalized spacial score (nSPS) is 30.3. The standard InChI is InChI=1S/C29H25F2N3O4S/c30-20-6-5-16-18(23(20)31)14-39-22-4-2-1-3-17(22)24(16)34-27-19-13-15-7-9-29(19,38-15)10-12-32(27)28(37)25-26(36)21(35)8-11-33(25)34/h1-6,8,11,15,19,24,27,36H,7,9-10,12-14H2/t15-,19+,24-,27+,29-/m1/s1. The van der Waals surface area contributed by atoms with E-state index in [1.54, 1.807) is 15.6 Å². The highest BCUT2D eigenvalue weighted by Gasteiger charge is 2.63. The van der Waals surface area contributed by atoms with E-state index in [9.17, 15) is 19.1 Å². The van der Waals surface area contributed by atoms with Crippen molar-refractivity contribution < 1.29 is 23.4 Å². The predicted molar refractivity (Wildman–Crippen MR) is 139 cm³/mol. The van der Waals surface area contributed by atoms with Gasteiger partial charge in [0.25, 0.3) is 5.91 Å². The first kappa shape index (κ1) is 23.5. The van der Waals surface area contributed by atoms with E-state index in [0.717, 1.165) is 35.8 Å². The van der Waals surface area contributed by atoms with Crippen molar-refractivity contribution in [1.29, 1.82) is 0 Å². The zero-order valence-electron chi connectivity index (χ0n) is 20.8. The monoisotopic (exact) mass is 549 g/mol. The molecule has 8 rings (SSSR count). The summed E-state index contributed by atoms with van der Waals surface area (Å²) in [7, 11) is 0. The summed E-state index contributed by atoms with van der Waals surface area (Å²) < 4.78 is 38.0. The fraction of sp³-hybridized carbons (Fsp3) is 0.379. The number of benzene rings is 2. The second kappa shape index (κ2) is 8.08. The maximum absolute atomic E-state index is 15.4. The molecule has 7 nitrogen and oxygen atoms in total. The van der Waals surface area contributed by atoms with Gasteiger partial charge in [-0.3, -0.25) is 19.3 Å². The van der Waals surface area contributed by atoms with Crippen LogP contribution in [0.2, 0.25) is 0 Å². The summed E-state index contributed by atoms with van der Waals surface area (Å²) in [5.74, 6) is -2.60. The van der Waals surface area contributed by atoms with Crippen molar-refractivity contribution in [3.63, 3.8) is 0 Å². The van der Waals surface area contributed by atoms with Gasteiger partial charge in [0.2, 0.25) is 5.43 Å². The zero-order chi connectivity index (χ0) is 26.6. The number of nitrogens with zero attached hydrogens (tertiary/aromatic N) is 3. The Morgan fingerprint density at radius 2 is 1.90 bits per heavy atom. The van der Waals surface area contributed by atoms with Crippen LogP contribution in [0.25, 0.3) is 0 Å². The minimum absolute atomic E-state index is 0.0273. The third kappa shape index (κ3) is 3.07. The van der Waals surface area contributed by atoms with Crippen LogP contribution in [0.3, 0.4) is 0 Å². The Labute approximate surface area is 227 Å². The molecule has 1 N–H and O–H groups in total. The number of ether oxygens (including phenoxy) is 1. The maximum atomic E-state index is 15.4. The SMILES string of the molecule is O=C1c2c(O)c(=O)ccn2N([C@H]2c3ccccc3SCc3c2ccc(F)c3F)[C@H]2[C@@H]3C[C@H]4CC[C@]3(CCN12)O4. The van der Waals surface area contributed by atoms with Crippen LogP contribution in [-0.4, -0.2) is 45.0 Å². The summed E-state index contributed by atoms with van der Waals surface area (Å²) >= 11 is 1.44. The molecule has 3 saturated heterocycles. The van der Waals surface area contributed by atoms with Gasteiger partial charge in [-0.05, 0) is 48.9 Å². The molecule has 1 spiro atoms. The van der Waals surface area contributed by atoms with Crippen molar-refractivity contribution in [3.8, 4) is 5.75 Å². The zero-order valence-corrected chi connectivity index (χ0v) is 21.7. The minimum atomic E-state index is -0.908. The van der Waals surface area contributed by atoms with Crippen LogP contribution in [0.4, 0.5) is 8.78 Å². The molecule has 200 valence electrons. The molecule has 0 aliphatic carbocycles. The Kier molecular flexibility index (Phi) is 4.87. The van der Waals surface area contributed by atoms with E-state index in [-0.39, 0.29) is 34.6 Å². The number of thioether (sulfide) groups is 1. The second-order valence-corrected chi connectivity index (χ2v) is 12.1. The largest absolute Gasteiger partial charge is 0.502 e. The van der Waals surface area contributed by atoms with Crippen LogP contribution in [0.15, 0.2) is 58.4 Å². The molecular formula is C29H25F2N3O4S. The summed E-state index contributed by atoms with van der Waals surface area (Å²) in [6, 6.07) is 11.2. The van der Waals surface area contributed by atoms with Crippen molar-refractivity contribution >= 4 is 17.7 Å². The predicted octanol–water partition coefficient (Wildman–Crippen LogP) is 4.29. The highest BCUT2D eigenvalue weighted by molar-refractivity contribution is 7.98. The summed E-state index contributed by atoms with van der Waals surface area (Å²) in [5.41, 5.74) is 0.625. The number of fused-ring (bicyclic) bond motifs is 6. The fourth-order valence-electron chi connectivity index (χ4n) is 7.66. The van der Waals surface area contributed by atoms with Crippen molar-refractivity contribution in [2.24, 2.45) is 5.92 Å².